The zero-order chi connectivity index (χ0) is 19.1. The number of carbonyl (C=O) groups excluding carboxylic acids is 1. The molecule has 0 aromatic heterocycles. The van der Waals surface area contributed by atoms with Crippen molar-refractivity contribution in [3.8, 4) is 0 Å². The van der Waals surface area contributed by atoms with Gasteiger partial charge in [-0.3, -0.25) is 4.79 Å². The summed E-state index contributed by atoms with van der Waals surface area (Å²) in [5.41, 5.74) is -1.94. The molecule has 26 heavy (non-hydrogen) atoms. The van der Waals surface area contributed by atoms with Gasteiger partial charge in [0, 0.05) is 5.56 Å². The van der Waals surface area contributed by atoms with E-state index in [0.29, 0.717) is 0 Å². The van der Waals surface area contributed by atoms with Crippen LogP contribution in [0.4, 0.5) is 13.2 Å². The summed E-state index contributed by atoms with van der Waals surface area (Å²) >= 11 is 0. The topological polar surface area (TPSA) is 63.2 Å². The maximum atomic E-state index is 12.6. The van der Waals surface area contributed by atoms with Gasteiger partial charge >= 0.3 is 5.51 Å². The predicted molar refractivity (Wildman–Crippen MR) is 89.4 cm³/mol. The highest BCUT2D eigenvalue weighted by Crippen LogP contribution is 2.32. The third kappa shape index (κ3) is 3.33. The minimum Gasteiger partial charge on any atom is -0.345 e. The molecule has 0 fully saturated rings. The van der Waals surface area contributed by atoms with Crippen LogP contribution in [-0.4, -0.2) is 19.8 Å². The zero-order valence-corrected chi connectivity index (χ0v) is 14.6. The van der Waals surface area contributed by atoms with Gasteiger partial charge in [0.2, 0.25) is 0 Å². The van der Waals surface area contributed by atoms with Crippen LogP contribution >= 0.6 is 0 Å². The number of alkyl halides is 3. The van der Waals surface area contributed by atoms with Crippen LogP contribution in [0.1, 0.15) is 39.5 Å². The van der Waals surface area contributed by atoms with Gasteiger partial charge in [0.25, 0.3) is 15.7 Å². The van der Waals surface area contributed by atoms with E-state index in [4.69, 9.17) is 0 Å². The third-order valence-corrected chi connectivity index (χ3v) is 5.92. The largest absolute Gasteiger partial charge is 0.501 e. The molecule has 138 valence electrons. The number of sulfone groups is 1. The standard InChI is InChI=1S/C18H16F3NO3S/c1-11-2-8-15-13(10-11)5-9-16(15)22-17(23)12-3-6-14(7-4-12)26(24,25)18(19,20)21/h2-4,6-8,10,16H,5,9H2,1H3,(H,22,23)/t16-/m1/s1. The molecule has 1 N–H and O–H groups in total. The fourth-order valence-corrected chi connectivity index (χ4v) is 3.82. The fraction of sp³-hybridized carbons (Fsp3) is 0.278. The average Bonchev–Trinajstić information content (AvgIpc) is 2.95. The Kier molecular flexibility index (Phi) is 4.56. The lowest BCUT2D eigenvalue weighted by molar-refractivity contribution is -0.0436. The average molecular weight is 383 g/mol. The molecule has 0 saturated heterocycles. The number of amides is 1. The SMILES string of the molecule is Cc1ccc2c(c1)CC[C@H]2NC(=O)c1ccc(S(=O)(=O)C(F)(F)F)cc1. The van der Waals surface area contributed by atoms with Gasteiger partial charge in [0.05, 0.1) is 10.9 Å². The summed E-state index contributed by atoms with van der Waals surface area (Å²) in [6.45, 7) is 1.99. The normalized spacial score (nSPS) is 17.0. The van der Waals surface area contributed by atoms with E-state index in [0.717, 1.165) is 48.2 Å². The molecule has 0 heterocycles. The Morgan fingerprint density at radius 1 is 1.12 bits per heavy atom. The van der Waals surface area contributed by atoms with E-state index in [9.17, 15) is 26.4 Å². The van der Waals surface area contributed by atoms with E-state index in [1.165, 1.54) is 5.56 Å². The molecular weight excluding hydrogens is 367 g/mol. The Labute approximate surface area is 149 Å². The highest BCUT2D eigenvalue weighted by atomic mass is 32.2. The third-order valence-electron chi connectivity index (χ3n) is 4.41. The van der Waals surface area contributed by atoms with E-state index < -0.39 is 26.1 Å². The van der Waals surface area contributed by atoms with Gasteiger partial charge in [-0.05, 0) is 55.2 Å². The fourth-order valence-electron chi connectivity index (χ4n) is 3.06. The lowest BCUT2D eigenvalue weighted by Crippen LogP contribution is -2.27. The van der Waals surface area contributed by atoms with Crippen LogP contribution in [0.15, 0.2) is 47.4 Å². The Balaban J connectivity index is 1.76. The second kappa shape index (κ2) is 6.42. The van der Waals surface area contributed by atoms with Crippen molar-refractivity contribution in [2.24, 2.45) is 0 Å². The predicted octanol–water partition coefficient (Wildman–Crippen LogP) is 3.71. The molecule has 1 amide bonds. The van der Waals surface area contributed by atoms with E-state index in [-0.39, 0.29) is 11.6 Å². The maximum Gasteiger partial charge on any atom is 0.501 e. The lowest BCUT2D eigenvalue weighted by atomic mass is 10.1. The van der Waals surface area contributed by atoms with Crippen molar-refractivity contribution in [1.82, 2.24) is 5.32 Å². The van der Waals surface area contributed by atoms with Crippen LogP contribution in [0.25, 0.3) is 0 Å². The van der Waals surface area contributed by atoms with Crippen molar-refractivity contribution < 1.29 is 26.4 Å². The Hall–Kier alpha value is -2.35. The second-order valence-corrected chi connectivity index (χ2v) is 8.18. The summed E-state index contributed by atoms with van der Waals surface area (Å²) in [5.74, 6) is -0.459. The van der Waals surface area contributed by atoms with Crippen molar-refractivity contribution >= 4 is 15.7 Å². The molecule has 2 aromatic carbocycles. The first kappa shape index (κ1) is 18.4. The zero-order valence-electron chi connectivity index (χ0n) is 13.8. The first-order valence-electron chi connectivity index (χ1n) is 7.91. The summed E-state index contributed by atoms with van der Waals surface area (Å²) in [6.07, 6.45) is 1.58. The van der Waals surface area contributed by atoms with Gasteiger partial charge in [-0.15, -0.1) is 0 Å². The first-order chi connectivity index (χ1) is 12.1. The van der Waals surface area contributed by atoms with Gasteiger partial charge in [-0.1, -0.05) is 23.8 Å². The molecule has 0 unspecified atom stereocenters. The van der Waals surface area contributed by atoms with E-state index in [1.54, 1.807) is 0 Å². The van der Waals surface area contributed by atoms with Crippen LogP contribution in [0.5, 0.6) is 0 Å². The highest BCUT2D eigenvalue weighted by molar-refractivity contribution is 7.92. The van der Waals surface area contributed by atoms with Crippen molar-refractivity contribution in [2.45, 2.75) is 36.2 Å². The van der Waals surface area contributed by atoms with Crippen molar-refractivity contribution in [3.05, 3.63) is 64.7 Å². The van der Waals surface area contributed by atoms with Crippen molar-refractivity contribution in [2.75, 3.05) is 0 Å². The summed E-state index contributed by atoms with van der Waals surface area (Å²) < 4.78 is 60.4. The Morgan fingerprint density at radius 3 is 2.38 bits per heavy atom. The molecule has 4 nitrogen and oxygen atoms in total. The first-order valence-corrected chi connectivity index (χ1v) is 9.39. The van der Waals surface area contributed by atoms with Gasteiger partial charge < -0.3 is 5.32 Å². The van der Waals surface area contributed by atoms with Crippen LogP contribution in [0.3, 0.4) is 0 Å². The van der Waals surface area contributed by atoms with Gasteiger partial charge in [0.15, 0.2) is 0 Å². The summed E-state index contributed by atoms with van der Waals surface area (Å²) in [6, 6.07) is 9.57. The minimum absolute atomic E-state index is 0.103. The summed E-state index contributed by atoms with van der Waals surface area (Å²) in [4.78, 5) is 11.5. The van der Waals surface area contributed by atoms with Gasteiger partial charge in [-0.2, -0.15) is 13.2 Å². The quantitative estimate of drug-likeness (QED) is 0.879. The number of rotatable bonds is 3. The van der Waals surface area contributed by atoms with Crippen LogP contribution in [0.2, 0.25) is 0 Å². The molecule has 0 spiro atoms. The van der Waals surface area contributed by atoms with E-state index in [1.807, 2.05) is 19.1 Å². The number of hydrogen-bond acceptors (Lipinski definition) is 3. The van der Waals surface area contributed by atoms with E-state index in [2.05, 4.69) is 11.4 Å². The number of carbonyl (C=O) groups is 1. The molecule has 0 saturated carbocycles. The number of fused-ring (bicyclic) bond motifs is 1. The molecule has 0 aliphatic heterocycles. The van der Waals surface area contributed by atoms with E-state index >= 15 is 0 Å². The molecule has 2 aromatic rings. The van der Waals surface area contributed by atoms with Gasteiger partial charge in [-0.25, -0.2) is 8.42 Å². The van der Waals surface area contributed by atoms with Gasteiger partial charge in [0.1, 0.15) is 0 Å². The number of aryl methyl sites for hydroxylation is 2. The monoisotopic (exact) mass is 383 g/mol. The molecule has 0 radical (unpaired) electrons. The number of hydrogen-bond donors (Lipinski definition) is 1. The molecule has 1 aliphatic carbocycles. The number of nitrogens with one attached hydrogen (secondary N) is 1. The molecule has 1 atom stereocenters. The van der Waals surface area contributed by atoms with Crippen LogP contribution < -0.4 is 5.32 Å². The minimum atomic E-state index is -5.42. The Morgan fingerprint density at radius 2 is 1.77 bits per heavy atom. The molecular formula is C18H16F3NO3S. The van der Waals surface area contributed by atoms with Crippen LogP contribution in [0, 0.1) is 6.92 Å². The molecule has 0 bridgehead atoms. The molecule has 1 aliphatic rings. The molecule has 8 heteroatoms. The Bertz CT molecular complexity index is 951. The second-order valence-electron chi connectivity index (χ2n) is 6.24. The summed E-state index contributed by atoms with van der Waals surface area (Å²) in [5, 5.41) is 2.85. The highest BCUT2D eigenvalue weighted by Gasteiger charge is 2.46. The summed E-state index contributed by atoms with van der Waals surface area (Å²) in [7, 11) is -5.42. The lowest BCUT2D eigenvalue weighted by Gasteiger charge is -2.15. The number of benzene rings is 2. The van der Waals surface area contributed by atoms with Crippen molar-refractivity contribution in [3.63, 3.8) is 0 Å². The smallest absolute Gasteiger partial charge is 0.345 e. The van der Waals surface area contributed by atoms with Crippen molar-refractivity contribution in [1.29, 1.82) is 0 Å². The van der Waals surface area contributed by atoms with Crippen LogP contribution in [-0.2, 0) is 16.3 Å². The maximum absolute atomic E-state index is 12.6. The molecule has 3 rings (SSSR count). The number of halogens is 3.